The average molecular weight is 349 g/mol. The first-order valence-corrected chi connectivity index (χ1v) is 11.4. The second-order valence-electron chi connectivity index (χ2n) is 11.1. The quantitative estimate of drug-likeness (QED) is 0.791. The highest BCUT2D eigenvalue weighted by Crippen LogP contribution is 2.68. The zero-order chi connectivity index (χ0) is 17.9. The summed E-state index contributed by atoms with van der Waals surface area (Å²) in [5.74, 6) is 3.62. The molecule has 4 aliphatic rings. The van der Waals surface area contributed by atoms with Gasteiger partial charge in [0.25, 0.3) is 0 Å². The van der Waals surface area contributed by atoms with Crippen molar-refractivity contribution in [2.24, 2.45) is 34.5 Å². The largest absolute Gasteiger partial charge is 0.383 e. The minimum atomic E-state index is -0.433. The number of hydrogen-bond donors (Lipinski definition) is 2. The Kier molecular flexibility index (Phi) is 4.56. The van der Waals surface area contributed by atoms with Gasteiger partial charge in [-0.25, -0.2) is 0 Å². The van der Waals surface area contributed by atoms with E-state index in [9.17, 15) is 5.11 Å². The second kappa shape index (κ2) is 6.23. The second-order valence-corrected chi connectivity index (χ2v) is 11.1. The number of aliphatic hydroxyl groups is 1. The summed E-state index contributed by atoms with van der Waals surface area (Å²) < 4.78 is 0. The molecule has 0 aromatic heterocycles. The zero-order valence-corrected chi connectivity index (χ0v) is 17.2. The first-order valence-electron chi connectivity index (χ1n) is 11.4. The minimum Gasteiger partial charge on any atom is -0.383 e. The highest BCUT2D eigenvalue weighted by atomic mass is 16.3. The van der Waals surface area contributed by atoms with Crippen LogP contribution in [-0.2, 0) is 0 Å². The van der Waals surface area contributed by atoms with E-state index in [1.165, 1.54) is 57.8 Å². The predicted molar refractivity (Wildman–Crippen MR) is 103 cm³/mol. The minimum absolute atomic E-state index is 0.164. The van der Waals surface area contributed by atoms with Crippen LogP contribution in [0.5, 0.6) is 0 Å². The molecular weight excluding hydrogens is 306 g/mol. The van der Waals surface area contributed by atoms with Gasteiger partial charge in [0.05, 0.1) is 6.04 Å². The Labute approximate surface area is 155 Å². The van der Waals surface area contributed by atoms with E-state index >= 15 is 0 Å². The van der Waals surface area contributed by atoms with Crippen LogP contribution in [-0.4, -0.2) is 23.3 Å². The molecule has 7 atom stereocenters. The van der Waals surface area contributed by atoms with Crippen LogP contribution in [0, 0.1) is 34.5 Å². The van der Waals surface area contributed by atoms with Crippen molar-refractivity contribution in [2.75, 3.05) is 6.54 Å². The molecule has 0 heterocycles. The fourth-order valence-corrected chi connectivity index (χ4v) is 8.17. The van der Waals surface area contributed by atoms with Gasteiger partial charge < -0.3 is 10.4 Å². The van der Waals surface area contributed by atoms with Gasteiger partial charge in [-0.3, -0.25) is 0 Å². The van der Waals surface area contributed by atoms with Crippen LogP contribution in [0.2, 0.25) is 0 Å². The van der Waals surface area contributed by atoms with E-state index in [4.69, 9.17) is 0 Å². The van der Waals surface area contributed by atoms with Crippen molar-refractivity contribution in [2.45, 2.75) is 104 Å². The van der Waals surface area contributed by atoms with Gasteiger partial charge in [-0.15, -0.1) is 0 Å². The molecule has 0 spiro atoms. The van der Waals surface area contributed by atoms with E-state index in [1.54, 1.807) is 0 Å². The summed E-state index contributed by atoms with van der Waals surface area (Å²) in [6.45, 7) is 10.5. The summed E-state index contributed by atoms with van der Waals surface area (Å²) in [4.78, 5) is 0. The van der Waals surface area contributed by atoms with Gasteiger partial charge in [0.15, 0.2) is 0 Å². The molecule has 0 radical (unpaired) electrons. The van der Waals surface area contributed by atoms with Crippen molar-refractivity contribution in [3.05, 3.63) is 0 Å². The van der Waals surface area contributed by atoms with E-state index in [1.807, 2.05) is 0 Å². The van der Waals surface area contributed by atoms with E-state index < -0.39 is 5.60 Å². The van der Waals surface area contributed by atoms with Crippen molar-refractivity contribution in [3.8, 4) is 0 Å². The number of hydrogen-bond acceptors (Lipinski definition) is 1. The summed E-state index contributed by atoms with van der Waals surface area (Å²) in [5.41, 5.74) is 0.349. The third kappa shape index (κ3) is 2.64. The lowest BCUT2D eigenvalue weighted by atomic mass is 9.44. The summed E-state index contributed by atoms with van der Waals surface area (Å²) in [6, 6.07) is 0.583. The van der Waals surface area contributed by atoms with E-state index in [0.29, 0.717) is 11.5 Å². The number of fused-ring (bicyclic) bond motifs is 5. The summed E-state index contributed by atoms with van der Waals surface area (Å²) in [5, 5.41) is 14.0. The van der Waals surface area contributed by atoms with Crippen LogP contribution in [0.25, 0.3) is 0 Å². The Morgan fingerprint density at radius 2 is 1.68 bits per heavy atom. The van der Waals surface area contributed by atoms with Gasteiger partial charge in [-0.2, -0.15) is 0 Å². The summed E-state index contributed by atoms with van der Waals surface area (Å²) in [7, 11) is 0. The van der Waals surface area contributed by atoms with Crippen molar-refractivity contribution in [3.63, 3.8) is 0 Å². The maximum absolute atomic E-state index is 11.7. The molecule has 0 unspecified atom stereocenters. The molecule has 4 aliphatic carbocycles. The molecule has 0 amide bonds. The topological polar surface area (TPSA) is 36.8 Å². The molecule has 2 nitrogen and oxygen atoms in total. The van der Waals surface area contributed by atoms with Crippen molar-refractivity contribution in [1.82, 2.24) is 0 Å². The molecular formula is C23H42NO+. The Morgan fingerprint density at radius 1 is 0.920 bits per heavy atom. The zero-order valence-electron chi connectivity index (χ0n) is 17.2. The third-order valence-corrected chi connectivity index (χ3v) is 9.83. The van der Waals surface area contributed by atoms with E-state index in [-0.39, 0.29) is 5.41 Å². The number of rotatable bonds is 3. The Bertz CT molecular complexity index is 504. The van der Waals surface area contributed by atoms with Crippen LogP contribution in [0.1, 0.15) is 91.9 Å². The average Bonchev–Trinajstić information content (AvgIpc) is 2.84. The lowest BCUT2D eigenvalue weighted by Crippen LogP contribution is -2.92. The van der Waals surface area contributed by atoms with Gasteiger partial charge in [0, 0.05) is 5.41 Å². The van der Waals surface area contributed by atoms with Crippen molar-refractivity contribution in [1.29, 1.82) is 0 Å². The molecule has 4 saturated carbocycles. The standard InChI is InChI=1S/C23H41NO/c1-16(2)24-15-23(25)14-11-20-18-9-8-17-7-5-6-12-21(17,3)19(18)10-13-22(20,23)4/h16-20,24-25H,5-15H2,1-4H3/p+1/t17-,18+,19+,20+,21-,22-,23+/m0/s1. The molecule has 0 aromatic carbocycles. The maximum Gasteiger partial charge on any atom is 0.119 e. The van der Waals surface area contributed by atoms with Crippen LogP contribution in [0.4, 0.5) is 0 Å². The third-order valence-electron chi connectivity index (χ3n) is 9.83. The molecule has 4 fully saturated rings. The monoisotopic (exact) mass is 348 g/mol. The van der Waals surface area contributed by atoms with Gasteiger partial charge in [0.2, 0.25) is 0 Å². The van der Waals surface area contributed by atoms with Crippen LogP contribution in [0.15, 0.2) is 0 Å². The lowest BCUT2D eigenvalue weighted by Gasteiger charge is -2.61. The maximum atomic E-state index is 11.7. The molecule has 0 saturated heterocycles. The fourth-order valence-electron chi connectivity index (χ4n) is 8.17. The normalized spacial score (nSPS) is 52.6. The van der Waals surface area contributed by atoms with Gasteiger partial charge in [-0.1, -0.05) is 26.7 Å². The van der Waals surface area contributed by atoms with Crippen LogP contribution >= 0.6 is 0 Å². The van der Waals surface area contributed by atoms with Crippen LogP contribution < -0.4 is 5.32 Å². The van der Waals surface area contributed by atoms with Gasteiger partial charge in [-0.05, 0) is 94.3 Å². The van der Waals surface area contributed by atoms with Gasteiger partial charge in [0.1, 0.15) is 12.1 Å². The fraction of sp³-hybridized carbons (Fsp3) is 1.00. The van der Waals surface area contributed by atoms with Crippen molar-refractivity contribution >= 4 is 0 Å². The van der Waals surface area contributed by atoms with Gasteiger partial charge >= 0.3 is 0 Å². The molecule has 0 bridgehead atoms. The number of nitrogens with two attached hydrogens (primary N) is 1. The molecule has 3 N–H and O–H groups in total. The highest BCUT2D eigenvalue weighted by molar-refractivity contribution is 5.13. The molecule has 2 heteroatoms. The predicted octanol–water partition coefficient (Wildman–Crippen LogP) is 4.12. The summed E-state index contributed by atoms with van der Waals surface area (Å²) in [6.07, 6.45) is 13.8. The molecule has 144 valence electrons. The van der Waals surface area contributed by atoms with E-state index in [2.05, 4.69) is 33.0 Å². The summed E-state index contributed by atoms with van der Waals surface area (Å²) >= 11 is 0. The SMILES string of the molecule is CC(C)[NH2+]C[C@]1(O)CC[C@@H]2[C@@H]3CC[C@@H]4CCCC[C@]4(C)[C@@H]3CC[C@@]21C. The molecule has 0 aromatic rings. The Balaban J connectivity index is 1.57. The van der Waals surface area contributed by atoms with Crippen molar-refractivity contribution < 1.29 is 10.4 Å². The lowest BCUT2D eigenvalue weighted by molar-refractivity contribution is -0.696. The Morgan fingerprint density at radius 3 is 2.44 bits per heavy atom. The molecule has 0 aliphatic heterocycles. The smallest absolute Gasteiger partial charge is 0.119 e. The molecule has 25 heavy (non-hydrogen) atoms. The number of quaternary nitrogens is 1. The Hall–Kier alpha value is -0.0800. The van der Waals surface area contributed by atoms with E-state index in [0.717, 1.165) is 36.6 Å². The first kappa shape index (κ1) is 18.3. The molecule has 4 rings (SSSR count). The van der Waals surface area contributed by atoms with Crippen LogP contribution in [0.3, 0.4) is 0 Å². The highest BCUT2D eigenvalue weighted by Gasteiger charge is 2.64. The first-order chi connectivity index (χ1) is 11.8.